The van der Waals surface area contributed by atoms with Crippen molar-refractivity contribution in [2.24, 2.45) is 5.73 Å². The Bertz CT molecular complexity index is 329. The lowest BCUT2D eigenvalue weighted by atomic mass is 10.1. The van der Waals surface area contributed by atoms with Crippen molar-refractivity contribution in [1.82, 2.24) is 0 Å². The zero-order valence-electron chi connectivity index (χ0n) is 7.52. The summed E-state index contributed by atoms with van der Waals surface area (Å²) in [5.41, 5.74) is 8.89. The Morgan fingerprint density at radius 2 is 2.00 bits per heavy atom. The maximum absolute atomic E-state index is 5.27. The maximum atomic E-state index is 5.27. The van der Waals surface area contributed by atoms with Gasteiger partial charge in [0.15, 0.2) is 0 Å². The maximum Gasteiger partial charge on any atom is 0.0555 e. The number of nitrogens with two attached hydrogens (primary N) is 1. The minimum absolute atomic E-state index is 0.424. The Kier molecular flexibility index (Phi) is 2.90. The van der Waals surface area contributed by atoms with Crippen LogP contribution in [0.1, 0.15) is 16.7 Å². The second-order valence-electron chi connectivity index (χ2n) is 2.80. The largest absolute Gasteiger partial charge is 0.320 e. The van der Waals surface area contributed by atoms with Crippen LogP contribution in [0.5, 0.6) is 0 Å². The summed E-state index contributed by atoms with van der Waals surface area (Å²) in [5, 5.41) is 0. The number of rotatable bonds is 0. The third-order valence-electron chi connectivity index (χ3n) is 1.84. The van der Waals surface area contributed by atoms with Gasteiger partial charge in [-0.25, -0.2) is 0 Å². The Morgan fingerprint density at radius 3 is 2.58 bits per heavy atom. The minimum atomic E-state index is 0.424. The summed E-state index contributed by atoms with van der Waals surface area (Å²) in [4.78, 5) is 0. The lowest BCUT2D eigenvalue weighted by Crippen LogP contribution is -1.93. The standard InChI is InChI=1S/C11H13N/c1-9-5-6-11(4-3-7-12)8-10(9)2/h5-6,8H,7,12H2,1-2H3. The molecule has 1 aromatic rings. The van der Waals surface area contributed by atoms with Crippen LogP contribution in [0.25, 0.3) is 0 Å². The highest BCUT2D eigenvalue weighted by Crippen LogP contribution is 2.08. The molecule has 0 aromatic heterocycles. The molecular formula is C11H13N. The lowest BCUT2D eigenvalue weighted by Gasteiger charge is -1.98. The van der Waals surface area contributed by atoms with Crippen LogP contribution in [0.2, 0.25) is 0 Å². The monoisotopic (exact) mass is 159 g/mol. The van der Waals surface area contributed by atoms with Crippen molar-refractivity contribution < 1.29 is 0 Å². The minimum Gasteiger partial charge on any atom is -0.320 e. The molecule has 2 N–H and O–H groups in total. The first-order chi connectivity index (χ1) is 5.74. The molecule has 1 rings (SSSR count). The molecule has 12 heavy (non-hydrogen) atoms. The van der Waals surface area contributed by atoms with E-state index in [1.54, 1.807) is 0 Å². The lowest BCUT2D eigenvalue weighted by molar-refractivity contribution is 1.30. The molecule has 0 fully saturated rings. The zero-order chi connectivity index (χ0) is 8.97. The fraction of sp³-hybridized carbons (Fsp3) is 0.273. The molecule has 1 heteroatoms. The quantitative estimate of drug-likeness (QED) is 0.572. The van der Waals surface area contributed by atoms with E-state index >= 15 is 0 Å². The fourth-order valence-corrected chi connectivity index (χ4v) is 0.972. The molecule has 0 radical (unpaired) electrons. The van der Waals surface area contributed by atoms with Gasteiger partial charge in [0.25, 0.3) is 0 Å². The van der Waals surface area contributed by atoms with Gasteiger partial charge in [-0.2, -0.15) is 0 Å². The topological polar surface area (TPSA) is 26.0 Å². The van der Waals surface area contributed by atoms with Gasteiger partial charge in [-0.15, -0.1) is 0 Å². The van der Waals surface area contributed by atoms with Crippen LogP contribution >= 0.6 is 0 Å². The van der Waals surface area contributed by atoms with Crippen molar-refractivity contribution in [3.8, 4) is 11.8 Å². The third kappa shape index (κ3) is 2.11. The van der Waals surface area contributed by atoms with E-state index in [4.69, 9.17) is 5.73 Å². The highest BCUT2D eigenvalue weighted by Gasteiger charge is 1.91. The summed E-state index contributed by atoms with van der Waals surface area (Å²) in [6.07, 6.45) is 0. The number of hydrogen-bond donors (Lipinski definition) is 1. The SMILES string of the molecule is Cc1ccc(C#CCN)cc1C. The molecule has 62 valence electrons. The smallest absolute Gasteiger partial charge is 0.0555 e. The van der Waals surface area contributed by atoms with Gasteiger partial charge in [-0.1, -0.05) is 17.9 Å². The summed E-state index contributed by atoms with van der Waals surface area (Å²) in [5.74, 6) is 5.83. The van der Waals surface area contributed by atoms with Crippen LogP contribution in [0.3, 0.4) is 0 Å². The van der Waals surface area contributed by atoms with Gasteiger partial charge in [0.1, 0.15) is 0 Å². The van der Waals surface area contributed by atoms with Gasteiger partial charge < -0.3 is 5.73 Å². The van der Waals surface area contributed by atoms with E-state index in [1.165, 1.54) is 11.1 Å². The molecule has 0 heterocycles. The predicted octanol–water partition coefficient (Wildman–Crippen LogP) is 1.61. The van der Waals surface area contributed by atoms with E-state index in [-0.39, 0.29) is 0 Å². The van der Waals surface area contributed by atoms with Crippen molar-refractivity contribution in [2.75, 3.05) is 6.54 Å². The fourth-order valence-electron chi connectivity index (χ4n) is 0.972. The highest BCUT2D eigenvalue weighted by atomic mass is 14.5. The molecule has 0 aliphatic carbocycles. The predicted molar refractivity (Wildman–Crippen MR) is 51.8 cm³/mol. The molecule has 0 amide bonds. The third-order valence-corrected chi connectivity index (χ3v) is 1.84. The Balaban J connectivity index is 2.97. The summed E-state index contributed by atoms with van der Waals surface area (Å²) >= 11 is 0. The average molecular weight is 159 g/mol. The van der Waals surface area contributed by atoms with Gasteiger partial charge >= 0.3 is 0 Å². The molecular weight excluding hydrogens is 146 g/mol. The van der Waals surface area contributed by atoms with E-state index in [0.717, 1.165) is 5.56 Å². The van der Waals surface area contributed by atoms with Crippen LogP contribution in [-0.4, -0.2) is 6.54 Å². The van der Waals surface area contributed by atoms with E-state index in [2.05, 4.69) is 37.8 Å². The zero-order valence-corrected chi connectivity index (χ0v) is 7.52. The Labute approximate surface area is 73.6 Å². The number of hydrogen-bond acceptors (Lipinski definition) is 1. The van der Waals surface area contributed by atoms with Crippen LogP contribution in [-0.2, 0) is 0 Å². The first-order valence-corrected chi connectivity index (χ1v) is 4.00. The molecule has 0 atom stereocenters. The van der Waals surface area contributed by atoms with Crippen molar-refractivity contribution in [3.63, 3.8) is 0 Å². The van der Waals surface area contributed by atoms with Crippen molar-refractivity contribution >= 4 is 0 Å². The molecule has 0 bridgehead atoms. The van der Waals surface area contributed by atoms with Crippen molar-refractivity contribution in [3.05, 3.63) is 34.9 Å². The van der Waals surface area contributed by atoms with Crippen molar-refractivity contribution in [1.29, 1.82) is 0 Å². The normalized spacial score (nSPS) is 8.92. The van der Waals surface area contributed by atoms with E-state index in [1.807, 2.05) is 6.07 Å². The van der Waals surface area contributed by atoms with E-state index in [0.29, 0.717) is 6.54 Å². The number of benzene rings is 1. The second kappa shape index (κ2) is 3.94. The Morgan fingerprint density at radius 1 is 1.25 bits per heavy atom. The molecule has 0 saturated carbocycles. The highest BCUT2D eigenvalue weighted by molar-refractivity contribution is 5.40. The van der Waals surface area contributed by atoms with Gasteiger partial charge in [-0.05, 0) is 37.1 Å². The van der Waals surface area contributed by atoms with Crippen molar-refractivity contribution in [2.45, 2.75) is 13.8 Å². The average Bonchev–Trinajstić information content (AvgIpc) is 2.07. The molecule has 0 aliphatic rings. The number of aryl methyl sites for hydroxylation is 2. The first kappa shape index (κ1) is 8.83. The first-order valence-electron chi connectivity index (χ1n) is 4.00. The van der Waals surface area contributed by atoms with Gasteiger partial charge in [0, 0.05) is 5.56 Å². The molecule has 0 unspecified atom stereocenters. The summed E-state index contributed by atoms with van der Waals surface area (Å²) in [7, 11) is 0. The van der Waals surface area contributed by atoms with Crippen LogP contribution < -0.4 is 5.73 Å². The second-order valence-corrected chi connectivity index (χ2v) is 2.80. The van der Waals surface area contributed by atoms with Gasteiger partial charge in [0.05, 0.1) is 6.54 Å². The van der Waals surface area contributed by atoms with Gasteiger partial charge in [0.2, 0.25) is 0 Å². The summed E-state index contributed by atoms with van der Waals surface area (Å²) in [6.45, 7) is 4.60. The molecule has 1 aromatic carbocycles. The van der Waals surface area contributed by atoms with Crippen LogP contribution in [0.15, 0.2) is 18.2 Å². The van der Waals surface area contributed by atoms with E-state index in [9.17, 15) is 0 Å². The summed E-state index contributed by atoms with van der Waals surface area (Å²) in [6, 6.07) is 6.18. The Hall–Kier alpha value is -1.26. The van der Waals surface area contributed by atoms with Gasteiger partial charge in [-0.3, -0.25) is 0 Å². The molecule has 1 nitrogen and oxygen atoms in total. The molecule has 0 saturated heterocycles. The van der Waals surface area contributed by atoms with Crippen LogP contribution in [0, 0.1) is 25.7 Å². The molecule has 0 aliphatic heterocycles. The van der Waals surface area contributed by atoms with E-state index < -0.39 is 0 Å². The summed E-state index contributed by atoms with van der Waals surface area (Å²) < 4.78 is 0. The van der Waals surface area contributed by atoms with Crippen LogP contribution in [0.4, 0.5) is 0 Å². The molecule has 0 spiro atoms.